The first-order valence-electron chi connectivity index (χ1n) is 7.46. The lowest BCUT2D eigenvalue weighted by Crippen LogP contribution is -2.20. The second-order valence-electron chi connectivity index (χ2n) is 5.40. The maximum absolute atomic E-state index is 12.1. The van der Waals surface area contributed by atoms with Gasteiger partial charge in [-0.3, -0.25) is 4.79 Å². The molecule has 0 saturated heterocycles. The zero-order valence-electron chi connectivity index (χ0n) is 12.4. The third-order valence-electron chi connectivity index (χ3n) is 3.64. The van der Waals surface area contributed by atoms with Crippen molar-refractivity contribution in [1.29, 1.82) is 0 Å². The lowest BCUT2D eigenvalue weighted by molar-refractivity contribution is -0.119. The SMILES string of the molecule is O=C(COC(=O)c1cc2c(s1)CCCC2)Nc1cccc(Cl)c1. The number of esters is 1. The fraction of sp³-hybridized carbons (Fsp3) is 0.294. The number of aryl methyl sites for hydroxylation is 2. The van der Waals surface area contributed by atoms with E-state index in [1.165, 1.54) is 34.6 Å². The van der Waals surface area contributed by atoms with Crippen LogP contribution in [0.1, 0.15) is 33.0 Å². The highest BCUT2D eigenvalue weighted by molar-refractivity contribution is 7.14. The van der Waals surface area contributed by atoms with E-state index in [-0.39, 0.29) is 12.5 Å². The van der Waals surface area contributed by atoms with Crippen molar-refractivity contribution in [3.8, 4) is 0 Å². The van der Waals surface area contributed by atoms with Gasteiger partial charge in [-0.25, -0.2) is 4.79 Å². The van der Waals surface area contributed by atoms with Crippen molar-refractivity contribution in [2.45, 2.75) is 25.7 Å². The molecule has 120 valence electrons. The second kappa shape index (κ2) is 7.15. The second-order valence-corrected chi connectivity index (χ2v) is 6.97. The molecular formula is C17H16ClNO3S. The average molecular weight is 350 g/mol. The van der Waals surface area contributed by atoms with Crippen molar-refractivity contribution in [1.82, 2.24) is 0 Å². The van der Waals surface area contributed by atoms with Gasteiger partial charge < -0.3 is 10.1 Å². The summed E-state index contributed by atoms with van der Waals surface area (Å²) in [4.78, 5) is 25.7. The van der Waals surface area contributed by atoms with Crippen LogP contribution in [0, 0.1) is 0 Å². The minimum atomic E-state index is -0.439. The first kappa shape index (κ1) is 16.0. The molecule has 1 amide bonds. The summed E-state index contributed by atoms with van der Waals surface area (Å²) in [5.41, 5.74) is 1.82. The molecule has 0 unspecified atom stereocenters. The van der Waals surface area contributed by atoms with Crippen LogP contribution in [-0.4, -0.2) is 18.5 Å². The van der Waals surface area contributed by atoms with Crippen LogP contribution in [0.2, 0.25) is 5.02 Å². The zero-order chi connectivity index (χ0) is 16.2. The summed E-state index contributed by atoms with van der Waals surface area (Å²) < 4.78 is 5.10. The molecule has 0 bridgehead atoms. The Balaban J connectivity index is 1.54. The average Bonchev–Trinajstić information content (AvgIpc) is 2.97. The summed E-state index contributed by atoms with van der Waals surface area (Å²) >= 11 is 7.33. The maximum Gasteiger partial charge on any atom is 0.348 e. The molecule has 0 fully saturated rings. The van der Waals surface area contributed by atoms with E-state index in [1.54, 1.807) is 24.3 Å². The van der Waals surface area contributed by atoms with Gasteiger partial charge in [0.25, 0.3) is 5.91 Å². The fourth-order valence-electron chi connectivity index (χ4n) is 2.56. The molecule has 0 spiro atoms. The van der Waals surface area contributed by atoms with Gasteiger partial charge in [-0.15, -0.1) is 11.3 Å². The van der Waals surface area contributed by atoms with E-state index in [1.807, 2.05) is 6.07 Å². The Morgan fingerprint density at radius 2 is 2.04 bits per heavy atom. The Morgan fingerprint density at radius 3 is 2.83 bits per heavy atom. The van der Waals surface area contributed by atoms with Gasteiger partial charge in [-0.05, 0) is 55.5 Å². The topological polar surface area (TPSA) is 55.4 Å². The number of hydrogen-bond donors (Lipinski definition) is 1. The molecule has 1 aliphatic rings. The number of thiophene rings is 1. The smallest absolute Gasteiger partial charge is 0.348 e. The highest BCUT2D eigenvalue weighted by Crippen LogP contribution is 2.30. The van der Waals surface area contributed by atoms with Gasteiger partial charge in [0.05, 0.1) is 0 Å². The summed E-state index contributed by atoms with van der Waals surface area (Å²) in [6.45, 7) is -0.312. The Labute approximate surface area is 143 Å². The molecule has 1 aliphatic carbocycles. The van der Waals surface area contributed by atoms with E-state index in [4.69, 9.17) is 16.3 Å². The Morgan fingerprint density at radius 1 is 1.22 bits per heavy atom. The number of carbonyl (C=O) groups is 2. The lowest BCUT2D eigenvalue weighted by Gasteiger charge is -2.08. The first-order valence-corrected chi connectivity index (χ1v) is 8.65. The number of halogens is 1. The van der Waals surface area contributed by atoms with Gasteiger partial charge in [0.2, 0.25) is 0 Å². The minimum Gasteiger partial charge on any atom is -0.451 e. The lowest BCUT2D eigenvalue weighted by atomic mass is 9.99. The van der Waals surface area contributed by atoms with Crippen molar-refractivity contribution in [3.05, 3.63) is 50.7 Å². The fourth-order valence-corrected chi connectivity index (χ4v) is 3.89. The molecule has 1 N–H and O–H groups in total. The van der Waals surface area contributed by atoms with E-state index in [9.17, 15) is 9.59 Å². The van der Waals surface area contributed by atoms with Crippen LogP contribution >= 0.6 is 22.9 Å². The van der Waals surface area contributed by atoms with E-state index >= 15 is 0 Å². The van der Waals surface area contributed by atoms with Gasteiger partial charge in [0, 0.05) is 15.6 Å². The summed E-state index contributed by atoms with van der Waals surface area (Å²) in [5, 5.41) is 3.17. The zero-order valence-corrected chi connectivity index (χ0v) is 14.0. The number of ether oxygens (including phenoxy) is 1. The maximum atomic E-state index is 12.1. The molecule has 4 nitrogen and oxygen atoms in total. The summed E-state index contributed by atoms with van der Waals surface area (Å²) in [5.74, 6) is -0.826. The molecule has 3 rings (SSSR count). The summed E-state index contributed by atoms with van der Waals surface area (Å²) in [7, 11) is 0. The monoisotopic (exact) mass is 349 g/mol. The third-order valence-corrected chi connectivity index (χ3v) is 5.09. The molecular weight excluding hydrogens is 334 g/mol. The van der Waals surface area contributed by atoms with E-state index < -0.39 is 5.97 Å². The van der Waals surface area contributed by atoms with E-state index in [0.29, 0.717) is 15.6 Å². The van der Waals surface area contributed by atoms with Crippen molar-refractivity contribution in [3.63, 3.8) is 0 Å². The van der Waals surface area contributed by atoms with E-state index in [2.05, 4.69) is 5.32 Å². The predicted octanol–water partition coefficient (Wildman–Crippen LogP) is 4.08. The molecule has 1 aromatic carbocycles. The number of amides is 1. The number of anilines is 1. The highest BCUT2D eigenvalue weighted by atomic mass is 35.5. The van der Waals surface area contributed by atoms with Gasteiger partial charge in [-0.2, -0.15) is 0 Å². The van der Waals surface area contributed by atoms with Gasteiger partial charge >= 0.3 is 5.97 Å². The molecule has 1 aromatic heterocycles. The van der Waals surface area contributed by atoms with Crippen molar-refractivity contribution in [2.24, 2.45) is 0 Å². The van der Waals surface area contributed by atoms with Crippen LogP contribution in [0.15, 0.2) is 30.3 Å². The minimum absolute atomic E-state index is 0.312. The quantitative estimate of drug-likeness (QED) is 0.846. The molecule has 0 radical (unpaired) electrons. The standard InChI is InChI=1S/C17H16ClNO3S/c18-12-5-3-6-13(9-12)19-16(20)10-22-17(21)15-8-11-4-1-2-7-14(11)23-15/h3,5-6,8-9H,1-2,4,7,10H2,(H,19,20). The first-order chi connectivity index (χ1) is 11.1. The third kappa shape index (κ3) is 4.12. The Kier molecular flexibility index (Phi) is 4.98. The number of hydrogen-bond acceptors (Lipinski definition) is 4. The normalized spacial score (nSPS) is 13.3. The Bertz CT molecular complexity index is 718. The van der Waals surface area contributed by atoms with Crippen LogP contribution < -0.4 is 5.32 Å². The van der Waals surface area contributed by atoms with Crippen molar-refractivity contribution in [2.75, 3.05) is 11.9 Å². The number of rotatable bonds is 4. The van der Waals surface area contributed by atoms with Crippen molar-refractivity contribution >= 4 is 40.5 Å². The molecule has 2 aromatic rings. The number of benzene rings is 1. The molecule has 1 heterocycles. The number of nitrogens with one attached hydrogen (secondary N) is 1. The highest BCUT2D eigenvalue weighted by Gasteiger charge is 2.18. The summed E-state index contributed by atoms with van der Waals surface area (Å²) in [6.07, 6.45) is 4.39. The van der Waals surface area contributed by atoms with Crippen LogP contribution in [0.3, 0.4) is 0 Å². The van der Waals surface area contributed by atoms with Crippen LogP contribution in [-0.2, 0) is 22.4 Å². The molecule has 0 atom stereocenters. The van der Waals surface area contributed by atoms with Crippen molar-refractivity contribution < 1.29 is 14.3 Å². The number of fused-ring (bicyclic) bond motifs is 1. The van der Waals surface area contributed by atoms with Gasteiger partial charge in [0.15, 0.2) is 6.61 Å². The van der Waals surface area contributed by atoms with Crippen LogP contribution in [0.4, 0.5) is 5.69 Å². The largest absolute Gasteiger partial charge is 0.451 e. The van der Waals surface area contributed by atoms with Crippen LogP contribution in [0.5, 0.6) is 0 Å². The van der Waals surface area contributed by atoms with Gasteiger partial charge in [-0.1, -0.05) is 17.7 Å². The van der Waals surface area contributed by atoms with Gasteiger partial charge in [0.1, 0.15) is 4.88 Å². The molecule has 0 saturated carbocycles. The molecule has 23 heavy (non-hydrogen) atoms. The molecule has 6 heteroatoms. The summed E-state index contributed by atoms with van der Waals surface area (Å²) in [6, 6.07) is 8.71. The number of carbonyl (C=O) groups excluding carboxylic acids is 2. The predicted molar refractivity (Wildman–Crippen MR) is 91.3 cm³/mol. The van der Waals surface area contributed by atoms with Crippen LogP contribution in [0.25, 0.3) is 0 Å². The molecule has 0 aliphatic heterocycles. The van der Waals surface area contributed by atoms with E-state index in [0.717, 1.165) is 12.8 Å². The Hall–Kier alpha value is -1.85.